The van der Waals surface area contributed by atoms with Crippen LogP contribution in [0.25, 0.3) is 0 Å². The molecule has 0 unspecified atom stereocenters. The minimum atomic E-state index is 0. The van der Waals surface area contributed by atoms with Crippen LogP contribution in [0.2, 0.25) is 0 Å². The number of rotatable bonds is 9. The first kappa shape index (κ1) is 21.5. The van der Waals surface area contributed by atoms with E-state index in [2.05, 4.69) is 63.3 Å². The predicted molar refractivity (Wildman–Crippen MR) is 116 cm³/mol. The maximum atomic E-state index is 4.67. The van der Waals surface area contributed by atoms with E-state index in [1.54, 1.807) is 6.20 Å². The molecule has 0 saturated carbocycles. The van der Waals surface area contributed by atoms with Gasteiger partial charge in [0.1, 0.15) is 0 Å². The highest BCUT2D eigenvalue weighted by Crippen LogP contribution is 2.07. The monoisotopic (exact) mass is 455 g/mol. The molecule has 6 heteroatoms. The highest BCUT2D eigenvalue weighted by Gasteiger charge is 1.99. The van der Waals surface area contributed by atoms with Gasteiger partial charge in [-0.1, -0.05) is 44.0 Å². The normalized spacial score (nSPS) is 11.0. The fourth-order valence-corrected chi connectivity index (χ4v) is 2.44. The van der Waals surface area contributed by atoms with Crippen LogP contribution < -0.4 is 10.6 Å². The first-order chi connectivity index (χ1) is 11.8. The van der Waals surface area contributed by atoms with Gasteiger partial charge in [-0.15, -0.1) is 24.0 Å². The molecule has 0 fully saturated rings. The first-order valence-corrected chi connectivity index (χ1v) is 8.87. The molecule has 1 heterocycles. The zero-order valence-corrected chi connectivity index (χ0v) is 17.6. The number of aromatic nitrogens is 2. The second kappa shape index (κ2) is 12.7. The summed E-state index contributed by atoms with van der Waals surface area (Å²) in [6.45, 7) is 7.70. The number of guanidine groups is 1. The van der Waals surface area contributed by atoms with Crippen LogP contribution >= 0.6 is 24.0 Å². The van der Waals surface area contributed by atoms with Crippen molar-refractivity contribution in [3.05, 3.63) is 54.1 Å². The number of halogens is 1. The third-order valence-electron chi connectivity index (χ3n) is 3.78. The SMILES string of the molecule is CCCCCNC(=NCc1ccc(Cn2ccnc2)cc1)NCC.I. The summed E-state index contributed by atoms with van der Waals surface area (Å²) in [4.78, 5) is 8.74. The van der Waals surface area contributed by atoms with Crippen LogP contribution in [-0.2, 0) is 13.1 Å². The summed E-state index contributed by atoms with van der Waals surface area (Å²) in [6, 6.07) is 8.62. The lowest BCUT2D eigenvalue weighted by molar-refractivity contribution is 0.683. The summed E-state index contributed by atoms with van der Waals surface area (Å²) < 4.78 is 2.07. The smallest absolute Gasteiger partial charge is 0.191 e. The van der Waals surface area contributed by atoms with E-state index in [4.69, 9.17) is 0 Å². The Labute approximate surface area is 168 Å². The molecule has 2 N–H and O–H groups in total. The van der Waals surface area contributed by atoms with Crippen molar-refractivity contribution < 1.29 is 0 Å². The molecule has 5 nitrogen and oxygen atoms in total. The number of aliphatic imine (C=N–C) groups is 1. The number of nitrogens with zero attached hydrogens (tertiary/aromatic N) is 3. The van der Waals surface area contributed by atoms with E-state index in [1.807, 2.05) is 12.5 Å². The van der Waals surface area contributed by atoms with Gasteiger partial charge in [0, 0.05) is 32.0 Å². The van der Waals surface area contributed by atoms with Crippen molar-refractivity contribution in [3.63, 3.8) is 0 Å². The molecule has 2 aromatic rings. The fourth-order valence-electron chi connectivity index (χ4n) is 2.44. The minimum Gasteiger partial charge on any atom is -0.357 e. The van der Waals surface area contributed by atoms with Gasteiger partial charge in [-0.3, -0.25) is 0 Å². The molecule has 138 valence electrons. The minimum absolute atomic E-state index is 0. The molecule has 2 rings (SSSR count). The van der Waals surface area contributed by atoms with Gasteiger partial charge in [-0.25, -0.2) is 9.98 Å². The van der Waals surface area contributed by atoms with E-state index in [9.17, 15) is 0 Å². The van der Waals surface area contributed by atoms with Crippen molar-refractivity contribution in [1.82, 2.24) is 20.2 Å². The number of nitrogens with one attached hydrogen (secondary N) is 2. The van der Waals surface area contributed by atoms with Crippen LogP contribution in [0.5, 0.6) is 0 Å². The molecular formula is C19H30IN5. The third-order valence-corrected chi connectivity index (χ3v) is 3.78. The Morgan fingerprint density at radius 1 is 1.08 bits per heavy atom. The quantitative estimate of drug-likeness (QED) is 0.262. The summed E-state index contributed by atoms with van der Waals surface area (Å²) in [6.07, 6.45) is 9.30. The lowest BCUT2D eigenvalue weighted by Gasteiger charge is -2.11. The number of unbranched alkanes of at least 4 members (excludes halogenated alkanes) is 2. The second-order valence-corrected chi connectivity index (χ2v) is 5.88. The average molecular weight is 455 g/mol. The van der Waals surface area contributed by atoms with E-state index in [-0.39, 0.29) is 24.0 Å². The Morgan fingerprint density at radius 2 is 1.84 bits per heavy atom. The van der Waals surface area contributed by atoms with Crippen molar-refractivity contribution in [3.8, 4) is 0 Å². The topological polar surface area (TPSA) is 54.2 Å². The molecule has 1 aromatic carbocycles. The van der Waals surface area contributed by atoms with Crippen LogP contribution in [0.15, 0.2) is 48.0 Å². The number of hydrogen-bond donors (Lipinski definition) is 2. The van der Waals surface area contributed by atoms with Crippen LogP contribution in [0.4, 0.5) is 0 Å². The third kappa shape index (κ3) is 8.38. The predicted octanol–water partition coefficient (Wildman–Crippen LogP) is 3.79. The fraction of sp³-hybridized carbons (Fsp3) is 0.474. The first-order valence-electron chi connectivity index (χ1n) is 8.87. The van der Waals surface area contributed by atoms with Crippen LogP contribution in [0.1, 0.15) is 44.2 Å². The molecule has 0 radical (unpaired) electrons. The Bertz CT molecular complexity index is 593. The summed E-state index contributed by atoms with van der Waals surface area (Å²) >= 11 is 0. The number of benzene rings is 1. The summed E-state index contributed by atoms with van der Waals surface area (Å²) in [7, 11) is 0. The molecule has 0 atom stereocenters. The van der Waals surface area contributed by atoms with Crippen molar-refractivity contribution in [1.29, 1.82) is 0 Å². The molecule has 0 amide bonds. The maximum Gasteiger partial charge on any atom is 0.191 e. The van der Waals surface area contributed by atoms with Crippen LogP contribution in [-0.4, -0.2) is 28.6 Å². The van der Waals surface area contributed by atoms with E-state index >= 15 is 0 Å². The average Bonchev–Trinajstić information content (AvgIpc) is 3.11. The van der Waals surface area contributed by atoms with Gasteiger partial charge in [0.25, 0.3) is 0 Å². The molecule has 0 aliphatic heterocycles. The van der Waals surface area contributed by atoms with E-state index in [1.165, 1.54) is 30.4 Å². The van der Waals surface area contributed by atoms with Crippen molar-refractivity contribution >= 4 is 29.9 Å². The summed E-state index contributed by atoms with van der Waals surface area (Å²) in [5, 5.41) is 6.69. The Kier molecular flexibility index (Phi) is 10.9. The molecule has 0 aliphatic carbocycles. The summed E-state index contributed by atoms with van der Waals surface area (Å²) in [5.74, 6) is 0.899. The van der Waals surface area contributed by atoms with E-state index in [0.29, 0.717) is 6.54 Å². The zero-order valence-electron chi connectivity index (χ0n) is 15.2. The molecule has 0 bridgehead atoms. The molecule has 0 spiro atoms. The molecule has 1 aromatic heterocycles. The van der Waals surface area contributed by atoms with Gasteiger partial charge in [0.05, 0.1) is 12.9 Å². The largest absolute Gasteiger partial charge is 0.357 e. The maximum absolute atomic E-state index is 4.67. The second-order valence-electron chi connectivity index (χ2n) is 5.88. The van der Waals surface area contributed by atoms with Crippen molar-refractivity contribution in [2.45, 2.75) is 46.2 Å². The lowest BCUT2D eigenvalue weighted by atomic mass is 10.1. The zero-order chi connectivity index (χ0) is 17.0. The molecule has 25 heavy (non-hydrogen) atoms. The molecular weight excluding hydrogens is 425 g/mol. The van der Waals surface area contributed by atoms with Gasteiger partial charge in [0.15, 0.2) is 5.96 Å². The van der Waals surface area contributed by atoms with Gasteiger partial charge < -0.3 is 15.2 Å². The number of hydrogen-bond acceptors (Lipinski definition) is 2. The Balaban J connectivity index is 0.00000312. The summed E-state index contributed by atoms with van der Waals surface area (Å²) in [5.41, 5.74) is 2.49. The van der Waals surface area contributed by atoms with Crippen LogP contribution in [0, 0.1) is 0 Å². The van der Waals surface area contributed by atoms with Gasteiger partial charge in [-0.2, -0.15) is 0 Å². The molecule has 0 aliphatic rings. The van der Waals surface area contributed by atoms with Crippen molar-refractivity contribution in [2.24, 2.45) is 4.99 Å². The van der Waals surface area contributed by atoms with Gasteiger partial charge in [-0.05, 0) is 24.5 Å². The van der Waals surface area contributed by atoms with E-state index in [0.717, 1.165) is 25.6 Å². The standard InChI is InChI=1S/C19H29N5.HI/c1-3-5-6-11-22-19(21-4-2)23-14-17-7-9-18(10-8-17)15-24-13-12-20-16-24;/h7-10,12-13,16H,3-6,11,14-15H2,1-2H3,(H2,21,22,23);1H. The highest BCUT2D eigenvalue weighted by atomic mass is 127. The van der Waals surface area contributed by atoms with Crippen molar-refractivity contribution in [2.75, 3.05) is 13.1 Å². The lowest BCUT2D eigenvalue weighted by Crippen LogP contribution is -2.37. The number of imidazole rings is 1. The highest BCUT2D eigenvalue weighted by molar-refractivity contribution is 14.0. The molecule has 0 saturated heterocycles. The van der Waals surface area contributed by atoms with Gasteiger partial charge >= 0.3 is 0 Å². The van der Waals surface area contributed by atoms with Gasteiger partial charge in [0.2, 0.25) is 0 Å². The Morgan fingerprint density at radius 3 is 2.48 bits per heavy atom. The Hall–Kier alpha value is -1.57. The van der Waals surface area contributed by atoms with E-state index < -0.39 is 0 Å². The van der Waals surface area contributed by atoms with Crippen LogP contribution in [0.3, 0.4) is 0 Å².